The summed E-state index contributed by atoms with van der Waals surface area (Å²) < 4.78 is 17.1. The summed E-state index contributed by atoms with van der Waals surface area (Å²) >= 11 is 0. The summed E-state index contributed by atoms with van der Waals surface area (Å²) in [6, 6.07) is 5.91. The number of ether oxygens (including phenoxy) is 3. The molecule has 0 radical (unpaired) electrons. The van der Waals surface area contributed by atoms with Crippen LogP contribution in [0.25, 0.3) is 10.9 Å². The Bertz CT molecular complexity index is 884. The zero-order valence-electron chi connectivity index (χ0n) is 15.2. The molecule has 8 heteroatoms. The molecule has 0 amide bonds. The molecular weight excluding hydrogens is 338 g/mol. The Morgan fingerprint density at radius 1 is 1.19 bits per heavy atom. The van der Waals surface area contributed by atoms with E-state index in [1.54, 1.807) is 11.1 Å². The van der Waals surface area contributed by atoms with Crippen LogP contribution in [0.15, 0.2) is 35.7 Å². The highest BCUT2D eigenvalue weighted by atomic mass is 16.5. The van der Waals surface area contributed by atoms with Gasteiger partial charge in [0, 0.05) is 17.1 Å². The molecule has 138 valence electrons. The SMILES string of the molecule is COC(=O)C1=C(C(=O)OC)N(c2ccc3c(cnn3C(C)C)c2)COC1. The predicted molar refractivity (Wildman–Crippen MR) is 94.5 cm³/mol. The lowest BCUT2D eigenvalue weighted by molar-refractivity contribution is -0.140. The van der Waals surface area contributed by atoms with Gasteiger partial charge < -0.3 is 19.1 Å². The van der Waals surface area contributed by atoms with E-state index in [4.69, 9.17) is 14.2 Å². The minimum Gasteiger partial charge on any atom is -0.466 e. The number of methoxy groups -OCH3 is 2. The lowest BCUT2D eigenvalue weighted by Gasteiger charge is -2.31. The van der Waals surface area contributed by atoms with Crippen molar-refractivity contribution in [1.29, 1.82) is 0 Å². The molecule has 2 heterocycles. The van der Waals surface area contributed by atoms with Crippen LogP contribution in [0, 0.1) is 0 Å². The molecule has 1 aromatic heterocycles. The Balaban J connectivity index is 2.10. The van der Waals surface area contributed by atoms with Crippen LogP contribution in [0.1, 0.15) is 19.9 Å². The minimum absolute atomic E-state index is 0.0128. The van der Waals surface area contributed by atoms with E-state index in [1.165, 1.54) is 14.2 Å². The van der Waals surface area contributed by atoms with Crippen molar-refractivity contribution < 1.29 is 23.8 Å². The van der Waals surface area contributed by atoms with Crippen molar-refractivity contribution in [3.63, 3.8) is 0 Å². The molecule has 3 rings (SSSR count). The molecule has 26 heavy (non-hydrogen) atoms. The molecular formula is C18H21N3O5. The van der Waals surface area contributed by atoms with Crippen LogP contribution in [0.5, 0.6) is 0 Å². The summed E-state index contributed by atoms with van der Waals surface area (Å²) in [6.07, 6.45) is 1.77. The van der Waals surface area contributed by atoms with Crippen LogP contribution in [-0.2, 0) is 23.8 Å². The molecule has 8 nitrogen and oxygen atoms in total. The first kappa shape index (κ1) is 17.9. The number of anilines is 1. The van der Waals surface area contributed by atoms with E-state index in [0.29, 0.717) is 5.69 Å². The van der Waals surface area contributed by atoms with Gasteiger partial charge in [0.25, 0.3) is 0 Å². The number of fused-ring (bicyclic) bond motifs is 1. The van der Waals surface area contributed by atoms with Gasteiger partial charge in [0.15, 0.2) is 0 Å². The van der Waals surface area contributed by atoms with E-state index in [1.807, 2.05) is 22.9 Å². The van der Waals surface area contributed by atoms with Gasteiger partial charge in [0.05, 0.1) is 38.1 Å². The molecule has 0 aliphatic carbocycles. The second-order valence-electron chi connectivity index (χ2n) is 6.14. The van der Waals surface area contributed by atoms with Crippen molar-refractivity contribution in [2.75, 3.05) is 32.5 Å². The standard InChI is InChI=1S/C18H21N3O5/c1-11(2)21-15-6-5-13(7-12(15)8-19-21)20-10-26-9-14(17(22)24-3)16(20)18(23)25-4/h5-8,11H,9-10H2,1-4H3. The molecule has 1 aromatic carbocycles. The molecule has 0 saturated carbocycles. The van der Waals surface area contributed by atoms with Crippen LogP contribution >= 0.6 is 0 Å². The Labute approximate surface area is 150 Å². The topological polar surface area (TPSA) is 82.9 Å². The number of benzene rings is 1. The predicted octanol–water partition coefficient (Wildman–Crippen LogP) is 2.01. The van der Waals surface area contributed by atoms with Gasteiger partial charge in [-0.05, 0) is 32.0 Å². The Morgan fingerprint density at radius 3 is 2.58 bits per heavy atom. The smallest absolute Gasteiger partial charge is 0.355 e. The van der Waals surface area contributed by atoms with Crippen molar-refractivity contribution in [2.45, 2.75) is 19.9 Å². The zero-order valence-corrected chi connectivity index (χ0v) is 15.2. The first-order valence-corrected chi connectivity index (χ1v) is 8.20. The molecule has 0 fully saturated rings. The van der Waals surface area contributed by atoms with E-state index in [-0.39, 0.29) is 30.6 Å². The molecule has 1 aliphatic heterocycles. The summed E-state index contributed by atoms with van der Waals surface area (Å²) in [6.45, 7) is 4.22. The number of hydrogen-bond acceptors (Lipinski definition) is 7. The van der Waals surface area contributed by atoms with Gasteiger partial charge in [-0.2, -0.15) is 5.10 Å². The van der Waals surface area contributed by atoms with E-state index < -0.39 is 11.9 Å². The van der Waals surface area contributed by atoms with Crippen LogP contribution in [0.4, 0.5) is 5.69 Å². The number of rotatable bonds is 4. The molecule has 0 N–H and O–H groups in total. The fourth-order valence-electron chi connectivity index (χ4n) is 2.97. The Kier molecular flexibility index (Phi) is 4.94. The van der Waals surface area contributed by atoms with E-state index in [0.717, 1.165) is 10.9 Å². The average molecular weight is 359 g/mol. The molecule has 0 unspecified atom stereocenters. The van der Waals surface area contributed by atoms with Crippen molar-refractivity contribution in [3.8, 4) is 0 Å². The van der Waals surface area contributed by atoms with E-state index in [2.05, 4.69) is 18.9 Å². The molecule has 2 aromatic rings. The first-order valence-electron chi connectivity index (χ1n) is 8.20. The fraction of sp³-hybridized carbons (Fsp3) is 0.389. The normalized spacial score (nSPS) is 14.9. The third-order valence-electron chi connectivity index (χ3n) is 4.21. The van der Waals surface area contributed by atoms with Gasteiger partial charge in [-0.15, -0.1) is 0 Å². The van der Waals surface area contributed by atoms with Crippen LogP contribution < -0.4 is 4.90 Å². The number of aromatic nitrogens is 2. The number of nitrogens with zero attached hydrogens (tertiary/aromatic N) is 3. The van der Waals surface area contributed by atoms with Crippen molar-refractivity contribution in [3.05, 3.63) is 35.7 Å². The maximum Gasteiger partial charge on any atom is 0.355 e. The highest BCUT2D eigenvalue weighted by Crippen LogP contribution is 2.30. The van der Waals surface area contributed by atoms with Gasteiger partial charge in [0.1, 0.15) is 12.4 Å². The third-order valence-corrected chi connectivity index (χ3v) is 4.21. The van der Waals surface area contributed by atoms with Gasteiger partial charge in [-0.25, -0.2) is 9.59 Å². The Morgan fingerprint density at radius 2 is 1.92 bits per heavy atom. The summed E-state index contributed by atoms with van der Waals surface area (Å²) in [5.41, 5.74) is 1.94. The maximum atomic E-state index is 12.3. The Hall–Kier alpha value is -2.87. The largest absolute Gasteiger partial charge is 0.466 e. The minimum atomic E-state index is -0.621. The summed E-state index contributed by atoms with van der Waals surface area (Å²) in [5, 5.41) is 5.32. The summed E-state index contributed by atoms with van der Waals surface area (Å²) in [4.78, 5) is 26.0. The van der Waals surface area contributed by atoms with E-state index >= 15 is 0 Å². The average Bonchev–Trinajstić information content (AvgIpc) is 3.09. The number of hydrogen-bond donors (Lipinski definition) is 0. The van der Waals surface area contributed by atoms with Gasteiger partial charge >= 0.3 is 11.9 Å². The lowest BCUT2D eigenvalue weighted by atomic mass is 10.1. The second-order valence-corrected chi connectivity index (χ2v) is 6.14. The quantitative estimate of drug-likeness (QED) is 0.772. The van der Waals surface area contributed by atoms with Crippen molar-refractivity contribution in [1.82, 2.24) is 9.78 Å². The van der Waals surface area contributed by atoms with Gasteiger partial charge in [-0.1, -0.05) is 0 Å². The van der Waals surface area contributed by atoms with Crippen LogP contribution in [0.2, 0.25) is 0 Å². The summed E-state index contributed by atoms with van der Waals surface area (Å²) in [5.74, 6) is -1.24. The molecule has 0 bridgehead atoms. The molecule has 0 saturated heterocycles. The van der Waals surface area contributed by atoms with Gasteiger partial charge in [-0.3, -0.25) is 4.68 Å². The molecule has 0 spiro atoms. The molecule has 1 aliphatic rings. The second kappa shape index (κ2) is 7.17. The van der Waals surface area contributed by atoms with Crippen molar-refractivity contribution in [2.24, 2.45) is 0 Å². The van der Waals surface area contributed by atoms with Crippen molar-refractivity contribution >= 4 is 28.5 Å². The number of carbonyl (C=O) groups is 2. The number of esters is 2. The van der Waals surface area contributed by atoms with E-state index in [9.17, 15) is 9.59 Å². The molecule has 0 atom stereocenters. The summed E-state index contributed by atoms with van der Waals surface area (Å²) in [7, 11) is 2.53. The lowest BCUT2D eigenvalue weighted by Crippen LogP contribution is -2.38. The van der Waals surface area contributed by atoms with Gasteiger partial charge in [0.2, 0.25) is 0 Å². The monoisotopic (exact) mass is 359 g/mol. The zero-order chi connectivity index (χ0) is 18.8. The highest BCUT2D eigenvalue weighted by Gasteiger charge is 2.32. The fourth-order valence-corrected chi connectivity index (χ4v) is 2.97. The third kappa shape index (κ3) is 3.03. The first-order chi connectivity index (χ1) is 12.5. The van der Waals surface area contributed by atoms with Crippen LogP contribution in [-0.4, -0.2) is 49.3 Å². The van der Waals surface area contributed by atoms with Crippen LogP contribution in [0.3, 0.4) is 0 Å². The maximum absolute atomic E-state index is 12.3. The highest BCUT2D eigenvalue weighted by molar-refractivity contribution is 6.03. The number of carbonyl (C=O) groups excluding carboxylic acids is 2.